The van der Waals surface area contributed by atoms with Gasteiger partial charge in [-0.3, -0.25) is 4.79 Å². The molecule has 0 atom stereocenters. The molecule has 0 aliphatic carbocycles. The molecule has 2 rings (SSSR count). The van der Waals surface area contributed by atoms with Crippen LogP contribution in [0.4, 0.5) is 5.69 Å². The number of hydrogen-bond acceptors (Lipinski definition) is 3. The minimum Gasteiger partial charge on any atom is -0.273 e. The number of hydrogen-bond donors (Lipinski definition) is 0. The zero-order valence-corrected chi connectivity index (χ0v) is 10.0. The van der Waals surface area contributed by atoms with E-state index in [1.165, 1.54) is 0 Å². The van der Waals surface area contributed by atoms with E-state index < -0.39 is 10.0 Å². The van der Waals surface area contributed by atoms with Crippen molar-refractivity contribution in [2.45, 2.75) is 20.3 Å². The molecule has 0 bridgehead atoms. The van der Waals surface area contributed by atoms with Crippen LogP contribution in [0.3, 0.4) is 0 Å². The van der Waals surface area contributed by atoms with Gasteiger partial charge >= 0.3 is 0 Å². The lowest BCUT2D eigenvalue weighted by Crippen LogP contribution is -2.29. The van der Waals surface area contributed by atoms with E-state index in [1.54, 1.807) is 12.1 Å². The molecule has 1 fully saturated rings. The molecule has 1 amide bonds. The molecule has 0 saturated carbocycles. The molecule has 5 heteroatoms. The molecule has 1 heterocycles. The van der Waals surface area contributed by atoms with Crippen LogP contribution in [-0.4, -0.2) is 20.1 Å². The smallest absolute Gasteiger partial charge is 0.242 e. The maximum Gasteiger partial charge on any atom is 0.242 e. The second kappa shape index (κ2) is 3.59. The van der Waals surface area contributed by atoms with E-state index in [-0.39, 0.29) is 18.1 Å². The van der Waals surface area contributed by atoms with Crippen LogP contribution in [0.5, 0.6) is 0 Å². The normalized spacial score (nSPS) is 19.1. The van der Waals surface area contributed by atoms with Crippen LogP contribution in [0.1, 0.15) is 17.5 Å². The molecule has 1 aliphatic rings. The maximum atomic E-state index is 11.7. The van der Waals surface area contributed by atoms with E-state index in [0.29, 0.717) is 5.69 Å². The van der Waals surface area contributed by atoms with Gasteiger partial charge in [-0.25, -0.2) is 12.7 Å². The van der Waals surface area contributed by atoms with Crippen LogP contribution in [-0.2, 0) is 14.8 Å². The van der Waals surface area contributed by atoms with Crippen LogP contribution in [0.25, 0.3) is 0 Å². The van der Waals surface area contributed by atoms with Crippen LogP contribution in [0, 0.1) is 13.8 Å². The average molecular weight is 239 g/mol. The Labute approximate surface area is 94.9 Å². The summed E-state index contributed by atoms with van der Waals surface area (Å²) in [6, 6.07) is 5.37. The van der Waals surface area contributed by atoms with Crippen LogP contribution in [0.2, 0.25) is 0 Å². The number of anilines is 1. The van der Waals surface area contributed by atoms with Gasteiger partial charge in [0.25, 0.3) is 0 Å². The summed E-state index contributed by atoms with van der Waals surface area (Å²) in [5, 5.41) is 0. The fourth-order valence-corrected chi connectivity index (χ4v) is 3.38. The van der Waals surface area contributed by atoms with Crippen molar-refractivity contribution in [1.82, 2.24) is 0 Å². The second-order valence-electron chi connectivity index (χ2n) is 4.07. The summed E-state index contributed by atoms with van der Waals surface area (Å²) in [7, 11) is -3.44. The minimum absolute atomic E-state index is 0.0787. The summed E-state index contributed by atoms with van der Waals surface area (Å²) in [6.45, 7) is 3.76. The summed E-state index contributed by atoms with van der Waals surface area (Å²) in [4.78, 5) is 11.6. The first-order chi connectivity index (χ1) is 7.40. The first-order valence-electron chi connectivity index (χ1n) is 5.04. The third kappa shape index (κ3) is 1.82. The lowest BCUT2D eigenvalue weighted by atomic mass is 10.1. The van der Waals surface area contributed by atoms with Crippen molar-refractivity contribution in [3.63, 3.8) is 0 Å². The zero-order valence-electron chi connectivity index (χ0n) is 9.23. The van der Waals surface area contributed by atoms with E-state index >= 15 is 0 Å². The lowest BCUT2D eigenvalue weighted by Gasteiger charge is -2.16. The number of carbonyl (C=O) groups is 1. The molecule has 0 unspecified atom stereocenters. The first-order valence-corrected chi connectivity index (χ1v) is 6.65. The van der Waals surface area contributed by atoms with Gasteiger partial charge in [-0.2, -0.15) is 0 Å². The van der Waals surface area contributed by atoms with Crippen molar-refractivity contribution < 1.29 is 13.2 Å². The quantitative estimate of drug-likeness (QED) is 0.743. The molecule has 0 spiro atoms. The molecule has 1 aromatic carbocycles. The van der Waals surface area contributed by atoms with E-state index in [1.807, 2.05) is 19.9 Å². The number of benzene rings is 1. The fourth-order valence-electron chi connectivity index (χ4n) is 1.94. The van der Waals surface area contributed by atoms with Gasteiger partial charge in [0.2, 0.25) is 15.9 Å². The molecule has 0 radical (unpaired) electrons. The Balaban J connectivity index is 2.55. The Morgan fingerprint density at radius 3 is 2.12 bits per heavy atom. The Morgan fingerprint density at radius 2 is 1.69 bits per heavy atom. The summed E-state index contributed by atoms with van der Waals surface area (Å²) >= 11 is 0. The van der Waals surface area contributed by atoms with E-state index in [0.717, 1.165) is 15.4 Å². The van der Waals surface area contributed by atoms with Crippen molar-refractivity contribution >= 4 is 21.6 Å². The Bertz CT molecular complexity index is 528. The second-order valence-corrected chi connectivity index (χ2v) is 6.01. The monoisotopic (exact) mass is 239 g/mol. The van der Waals surface area contributed by atoms with Gasteiger partial charge < -0.3 is 0 Å². The summed E-state index contributed by atoms with van der Waals surface area (Å²) in [5.74, 6) is -0.427. The van der Waals surface area contributed by atoms with Crippen molar-refractivity contribution in [1.29, 1.82) is 0 Å². The molecule has 1 aromatic rings. The third-order valence-electron chi connectivity index (χ3n) is 2.52. The molecule has 0 aromatic heterocycles. The number of sulfonamides is 1. The van der Waals surface area contributed by atoms with Gasteiger partial charge in [0.15, 0.2) is 0 Å². The molecule has 86 valence electrons. The molecule has 0 N–H and O–H groups in total. The zero-order chi connectivity index (χ0) is 11.9. The summed E-state index contributed by atoms with van der Waals surface area (Å²) in [5.41, 5.74) is 2.36. The molecule has 16 heavy (non-hydrogen) atoms. The van der Waals surface area contributed by atoms with Gasteiger partial charge in [-0.15, -0.1) is 0 Å². The molecular formula is C11H13NO3S. The van der Waals surface area contributed by atoms with Crippen molar-refractivity contribution in [3.05, 3.63) is 29.3 Å². The molecule has 1 aliphatic heterocycles. The van der Waals surface area contributed by atoms with E-state index in [4.69, 9.17) is 0 Å². The fraction of sp³-hybridized carbons (Fsp3) is 0.364. The van der Waals surface area contributed by atoms with E-state index in [9.17, 15) is 13.2 Å². The highest BCUT2D eigenvalue weighted by molar-refractivity contribution is 7.94. The SMILES string of the molecule is Cc1cc(C)cc(N2C(=O)CCS2(=O)=O)c1. The maximum absolute atomic E-state index is 11.7. The standard InChI is InChI=1S/C11H13NO3S/c1-8-5-9(2)7-10(6-8)12-11(13)3-4-16(12,14)15/h5-7H,3-4H2,1-2H3. The number of carbonyl (C=O) groups excluding carboxylic acids is 1. The first kappa shape index (κ1) is 11.1. The molecule has 1 saturated heterocycles. The van der Waals surface area contributed by atoms with Gasteiger partial charge in [0, 0.05) is 6.42 Å². The highest BCUT2D eigenvalue weighted by Crippen LogP contribution is 2.26. The number of aryl methyl sites for hydroxylation is 2. The topological polar surface area (TPSA) is 54.5 Å². The highest BCUT2D eigenvalue weighted by atomic mass is 32.2. The van der Waals surface area contributed by atoms with Gasteiger partial charge in [0.05, 0.1) is 11.4 Å². The number of rotatable bonds is 1. The number of nitrogens with zero attached hydrogens (tertiary/aromatic N) is 1. The van der Waals surface area contributed by atoms with E-state index in [2.05, 4.69) is 0 Å². The van der Waals surface area contributed by atoms with Crippen LogP contribution < -0.4 is 4.31 Å². The van der Waals surface area contributed by atoms with Gasteiger partial charge in [-0.1, -0.05) is 6.07 Å². The third-order valence-corrected chi connectivity index (χ3v) is 4.21. The minimum atomic E-state index is -3.44. The highest BCUT2D eigenvalue weighted by Gasteiger charge is 2.36. The summed E-state index contributed by atoms with van der Waals surface area (Å²) < 4.78 is 24.3. The van der Waals surface area contributed by atoms with Crippen molar-refractivity contribution in [3.8, 4) is 0 Å². The van der Waals surface area contributed by atoms with Crippen LogP contribution in [0.15, 0.2) is 18.2 Å². The number of amides is 1. The Morgan fingerprint density at radius 1 is 1.12 bits per heavy atom. The van der Waals surface area contributed by atoms with Crippen molar-refractivity contribution in [2.24, 2.45) is 0 Å². The van der Waals surface area contributed by atoms with Gasteiger partial charge in [0.1, 0.15) is 0 Å². The summed E-state index contributed by atoms with van der Waals surface area (Å²) in [6.07, 6.45) is 0.0787. The predicted molar refractivity (Wildman–Crippen MR) is 61.8 cm³/mol. The Hall–Kier alpha value is -1.36. The van der Waals surface area contributed by atoms with Gasteiger partial charge in [-0.05, 0) is 37.1 Å². The molecular weight excluding hydrogens is 226 g/mol. The molecule has 4 nitrogen and oxygen atoms in total. The lowest BCUT2D eigenvalue weighted by molar-refractivity contribution is -0.116. The largest absolute Gasteiger partial charge is 0.273 e. The van der Waals surface area contributed by atoms with Crippen LogP contribution >= 0.6 is 0 Å². The predicted octanol–water partition coefficient (Wildman–Crippen LogP) is 1.37. The van der Waals surface area contributed by atoms with Crippen molar-refractivity contribution in [2.75, 3.05) is 10.1 Å². The average Bonchev–Trinajstić information content (AvgIpc) is 2.38. The Kier molecular flexibility index (Phi) is 2.50.